The van der Waals surface area contributed by atoms with Crippen LogP contribution in [0, 0.1) is 5.92 Å². The molecule has 1 fully saturated rings. The summed E-state index contributed by atoms with van der Waals surface area (Å²) in [5.41, 5.74) is 0.405. The Hall–Kier alpha value is -1.98. The standard InChI is InChI=1S/C16H19F2NO3/c1-2-22-16(21)11-8-12(17)13(18)9-14(11)19-15(20)10-6-4-3-5-7-10/h3-7,11-14H,2,8-9H2,1H3,(H,19,20)/t11-,12-,13+,14+/m1/s1. The molecule has 120 valence electrons. The first kappa shape index (κ1) is 16.4. The van der Waals surface area contributed by atoms with Crippen LogP contribution in [0.3, 0.4) is 0 Å². The molecule has 22 heavy (non-hydrogen) atoms. The number of halogens is 2. The topological polar surface area (TPSA) is 55.4 Å². The third kappa shape index (κ3) is 3.81. The van der Waals surface area contributed by atoms with Gasteiger partial charge in [-0.2, -0.15) is 0 Å². The predicted molar refractivity (Wildman–Crippen MR) is 76.8 cm³/mol. The lowest BCUT2D eigenvalue weighted by Crippen LogP contribution is -2.51. The number of alkyl halides is 2. The molecule has 0 saturated heterocycles. The molecule has 1 saturated carbocycles. The summed E-state index contributed by atoms with van der Waals surface area (Å²) < 4.78 is 32.1. The van der Waals surface area contributed by atoms with Crippen molar-refractivity contribution in [3.05, 3.63) is 35.9 Å². The molecular formula is C16H19F2NO3. The molecule has 0 heterocycles. The van der Waals surface area contributed by atoms with Crippen molar-refractivity contribution >= 4 is 11.9 Å². The predicted octanol–water partition coefficient (Wildman–Crippen LogP) is 2.43. The quantitative estimate of drug-likeness (QED) is 0.869. The lowest BCUT2D eigenvalue weighted by atomic mass is 9.82. The molecule has 1 aromatic carbocycles. The second-order valence-electron chi connectivity index (χ2n) is 5.31. The minimum Gasteiger partial charge on any atom is -0.466 e. The molecule has 0 spiro atoms. The Labute approximate surface area is 127 Å². The first-order valence-corrected chi connectivity index (χ1v) is 7.33. The van der Waals surface area contributed by atoms with Crippen LogP contribution in [0.2, 0.25) is 0 Å². The van der Waals surface area contributed by atoms with Crippen LogP contribution >= 0.6 is 0 Å². The van der Waals surface area contributed by atoms with E-state index in [1.807, 2.05) is 0 Å². The van der Waals surface area contributed by atoms with E-state index in [4.69, 9.17) is 4.74 Å². The van der Waals surface area contributed by atoms with E-state index in [0.717, 1.165) is 0 Å². The Morgan fingerprint density at radius 3 is 2.45 bits per heavy atom. The summed E-state index contributed by atoms with van der Waals surface area (Å²) in [6, 6.07) is 7.63. The van der Waals surface area contributed by atoms with E-state index in [2.05, 4.69) is 5.32 Å². The number of ether oxygens (including phenoxy) is 1. The molecule has 1 aliphatic carbocycles. The van der Waals surface area contributed by atoms with Crippen molar-refractivity contribution in [2.24, 2.45) is 5.92 Å². The summed E-state index contributed by atoms with van der Waals surface area (Å²) in [7, 11) is 0. The molecule has 2 rings (SSSR count). The molecule has 0 aromatic heterocycles. The Bertz CT molecular complexity index is 523. The Morgan fingerprint density at radius 1 is 1.18 bits per heavy atom. The molecule has 4 nitrogen and oxygen atoms in total. The normalized spacial score (nSPS) is 28.0. The molecule has 0 bridgehead atoms. The Kier molecular flexibility index (Phi) is 5.46. The monoisotopic (exact) mass is 311 g/mol. The molecule has 0 unspecified atom stereocenters. The number of benzene rings is 1. The van der Waals surface area contributed by atoms with Crippen molar-refractivity contribution < 1.29 is 23.1 Å². The third-order valence-electron chi connectivity index (χ3n) is 3.78. The van der Waals surface area contributed by atoms with E-state index in [1.54, 1.807) is 37.3 Å². The van der Waals surface area contributed by atoms with Crippen LogP contribution in [-0.2, 0) is 9.53 Å². The molecule has 1 aromatic rings. The van der Waals surface area contributed by atoms with Gasteiger partial charge in [0.25, 0.3) is 5.91 Å². The van der Waals surface area contributed by atoms with E-state index >= 15 is 0 Å². The molecule has 0 aliphatic heterocycles. The zero-order valence-corrected chi connectivity index (χ0v) is 12.3. The second kappa shape index (κ2) is 7.33. The zero-order valence-electron chi connectivity index (χ0n) is 12.3. The molecular weight excluding hydrogens is 292 g/mol. The summed E-state index contributed by atoms with van der Waals surface area (Å²) in [4.78, 5) is 24.1. The van der Waals surface area contributed by atoms with Gasteiger partial charge < -0.3 is 10.1 Å². The fourth-order valence-corrected chi connectivity index (χ4v) is 2.62. The number of hydrogen-bond acceptors (Lipinski definition) is 3. The lowest BCUT2D eigenvalue weighted by molar-refractivity contribution is -0.151. The average molecular weight is 311 g/mol. The van der Waals surface area contributed by atoms with Crippen LogP contribution in [0.1, 0.15) is 30.1 Å². The van der Waals surface area contributed by atoms with Crippen LogP contribution in [0.15, 0.2) is 30.3 Å². The van der Waals surface area contributed by atoms with Gasteiger partial charge >= 0.3 is 5.97 Å². The van der Waals surface area contributed by atoms with Crippen LogP contribution in [0.4, 0.5) is 8.78 Å². The van der Waals surface area contributed by atoms with E-state index in [-0.39, 0.29) is 19.4 Å². The molecule has 1 amide bonds. The number of amides is 1. The number of carbonyl (C=O) groups is 2. The minimum atomic E-state index is -1.71. The van der Waals surface area contributed by atoms with Crippen molar-refractivity contribution in [1.29, 1.82) is 0 Å². The van der Waals surface area contributed by atoms with E-state index in [1.165, 1.54) is 0 Å². The molecule has 1 aliphatic rings. The van der Waals surface area contributed by atoms with Gasteiger partial charge in [-0.15, -0.1) is 0 Å². The van der Waals surface area contributed by atoms with Gasteiger partial charge in [-0.3, -0.25) is 9.59 Å². The maximum atomic E-state index is 13.6. The summed E-state index contributed by atoms with van der Waals surface area (Å²) in [5, 5.41) is 2.63. The van der Waals surface area contributed by atoms with Gasteiger partial charge in [-0.05, 0) is 25.5 Å². The fourth-order valence-electron chi connectivity index (χ4n) is 2.62. The fraction of sp³-hybridized carbons (Fsp3) is 0.500. The number of nitrogens with one attached hydrogen (secondary N) is 1. The van der Waals surface area contributed by atoms with Gasteiger partial charge in [0.15, 0.2) is 0 Å². The van der Waals surface area contributed by atoms with Crippen molar-refractivity contribution in [1.82, 2.24) is 5.32 Å². The Morgan fingerprint density at radius 2 is 1.82 bits per heavy atom. The number of esters is 1. The van der Waals surface area contributed by atoms with Crippen molar-refractivity contribution in [2.45, 2.75) is 38.2 Å². The Balaban J connectivity index is 2.10. The highest BCUT2D eigenvalue weighted by molar-refractivity contribution is 5.94. The summed E-state index contributed by atoms with van der Waals surface area (Å²) in [5.74, 6) is -1.88. The molecule has 0 radical (unpaired) electrons. The van der Waals surface area contributed by atoms with Crippen LogP contribution in [0.5, 0.6) is 0 Å². The summed E-state index contributed by atoms with van der Waals surface area (Å²) in [6.45, 7) is 1.80. The van der Waals surface area contributed by atoms with Crippen molar-refractivity contribution in [2.75, 3.05) is 6.61 Å². The SMILES string of the molecule is CCOC(=O)[C@@H]1C[C@@H](F)[C@@H](F)C[C@@H]1NC(=O)c1ccccc1. The molecule has 6 heteroatoms. The van der Waals surface area contributed by atoms with Crippen LogP contribution in [-0.4, -0.2) is 36.9 Å². The number of hydrogen-bond donors (Lipinski definition) is 1. The zero-order chi connectivity index (χ0) is 16.1. The van der Waals surface area contributed by atoms with Gasteiger partial charge in [0, 0.05) is 18.0 Å². The number of carbonyl (C=O) groups excluding carboxylic acids is 2. The smallest absolute Gasteiger partial charge is 0.311 e. The highest BCUT2D eigenvalue weighted by atomic mass is 19.2. The van der Waals surface area contributed by atoms with Gasteiger partial charge in [0.2, 0.25) is 0 Å². The second-order valence-corrected chi connectivity index (χ2v) is 5.31. The summed E-state index contributed by atoms with van der Waals surface area (Å²) in [6.07, 6.45) is -3.91. The molecule has 4 atom stereocenters. The van der Waals surface area contributed by atoms with E-state index in [9.17, 15) is 18.4 Å². The first-order valence-electron chi connectivity index (χ1n) is 7.33. The van der Waals surface area contributed by atoms with Gasteiger partial charge in [-0.25, -0.2) is 8.78 Å². The van der Waals surface area contributed by atoms with Crippen LogP contribution < -0.4 is 5.32 Å². The van der Waals surface area contributed by atoms with E-state index < -0.39 is 36.2 Å². The maximum Gasteiger partial charge on any atom is 0.311 e. The number of rotatable bonds is 4. The average Bonchev–Trinajstić information content (AvgIpc) is 2.51. The third-order valence-corrected chi connectivity index (χ3v) is 3.78. The maximum absolute atomic E-state index is 13.6. The first-order chi connectivity index (χ1) is 10.5. The van der Waals surface area contributed by atoms with Gasteiger partial charge in [-0.1, -0.05) is 18.2 Å². The van der Waals surface area contributed by atoms with E-state index in [0.29, 0.717) is 5.56 Å². The summed E-state index contributed by atoms with van der Waals surface area (Å²) >= 11 is 0. The van der Waals surface area contributed by atoms with Crippen molar-refractivity contribution in [3.8, 4) is 0 Å². The van der Waals surface area contributed by atoms with Crippen LogP contribution in [0.25, 0.3) is 0 Å². The van der Waals surface area contributed by atoms with Gasteiger partial charge in [0.05, 0.1) is 12.5 Å². The largest absolute Gasteiger partial charge is 0.466 e. The highest BCUT2D eigenvalue weighted by Gasteiger charge is 2.42. The lowest BCUT2D eigenvalue weighted by Gasteiger charge is -2.34. The minimum absolute atomic E-state index is 0.157. The molecule has 1 N–H and O–H groups in total. The van der Waals surface area contributed by atoms with Gasteiger partial charge in [0.1, 0.15) is 12.3 Å². The van der Waals surface area contributed by atoms with Crippen molar-refractivity contribution in [3.63, 3.8) is 0 Å². The highest BCUT2D eigenvalue weighted by Crippen LogP contribution is 2.30.